The Morgan fingerprint density at radius 3 is 1.36 bits per heavy atom. The number of aromatic nitrogens is 2. The Hall–Kier alpha value is -0.790. The van der Waals surface area contributed by atoms with Gasteiger partial charge < -0.3 is 4.98 Å². The second-order valence-electron chi connectivity index (χ2n) is 7.95. The molecule has 1 aromatic rings. The first-order valence-electron chi connectivity index (χ1n) is 11.3. The van der Waals surface area contributed by atoms with E-state index in [4.69, 9.17) is 0 Å². The van der Waals surface area contributed by atoms with E-state index in [0.29, 0.717) is 0 Å². The molecule has 0 saturated carbocycles. The summed E-state index contributed by atoms with van der Waals surface area (Å²) < 4.78 is 0. The molecular formula is C23H44N2. The van der Waals surface area contributed by atoms with E-state index in [1.165, 1.54) is 114 Å². The molecule has 0 radical (unpaired) electrons. The van der Waals surface area contributed by atoms with E-state index >= 15 is 0 Å². The number of unbranched alkanes of at least 4 members (excludes halogenated alkanes) is 15. The molecule has 0 aliphatic carbocycles. The van der Waals surface area contributed by atoms with E-state index in [0.717, 1.165) is 12.2 Å². The van der Waals surface area contributed by atoms with Gasteiger partial charge in [-0.25, -0.2) is 4.98 Å². The second-order valence-corrected chi connectivity index (χ2v) is 7.95. The summed E-state index contributed by atoms with van der Waals surface area (Å²) in [5.41, 5.74) is 2.54. The van der Waals surface area contributed by atoms with Gasteiger partial charge in [0.1, 0.15) is 5.82 Å². The molecule has 0 aliphatic rings. The highest BCUT2D eigenvalue weighted by Crippen LogP contribution is 2.15. The monoisotopic (exact) mass is 348 g/mol. The van der Waals surface area contributed by atoms with Crippen molar-refractivity contribution in [3.05, 3.63) is 17.2 Å². The third-order valence-corrected chi connectivity index (χ3v) is 5.37. The number of H-pyrrole nitrogens is 1. The van der Waals surface area contributed by atoms with Gasteiger partial charge in [0.15, 0.2) is 0 Å². The van der Waals surface area contributed by atoms with Gasteiger partial charge in [0, 0.05) is 5.69 Å². The summed E-state index contributed by atoms with van der Waals surface area (Å²) in [6.07, 6.45) is 24.1. The predicted molar refractivity (Wildman–Crippen MR) is 111 cm³/mol. The van der Waals surface area contributed by atoms with Gasteiger partial charge in [-0.1, -0.05) is 103 Å². The molecule has 0 aliphatic heterocycles. The van der Waals surface area contributed by atoms with Crippen molar-refractivity contribution in [3.8, 4) is 0 Å². The predicted octanol–water partition coefficient (Wildman–Crippen LogP) is 7.83. The summed E-state index contributed by atoms with van der Waals surface area (Å²) in [5.74, 6) is 1.06. The Morgan fingerprint density at radius 2 is 1.00 bits per heavy atom. The van der Waals surface area contributed by atoms with Crippen LogP contribution < -0.4 is 0 Å². The summed E-state index contributed by atoms with van der Waals surface area (Å²) in [5, 5.41) is 0. The highest BCUT2D eigenvalue weighted by molar-refractivity contribution is 5.12. The van der Waals surface area contributed by atoms with Gasteiger partial charge in [0.05, 0.1) is 5.69 Å². The average Bonchev–Trinajstić information content (AvgIpc) is 2.92. The number of imidazole rings is 1. The Labute approximate surface area is 157 Å². The molecule has 0 atom stereocenters. The minimum absolute atomic E-state index is 1.06. The molecule has 1 heterocycles. The first-order valence-corrected chi connectivity index (χ1v) is 11.3. The highest BCUT2D eigenvalue weighted by atomic mass is 14.9. The van der Waals surface area contributed by atoms with Crippen LogP contribution in [-0.2, 0) is 6.42 Å². The Balaban J connectivity index is 1.75. The zero-order chi connectivity index (χ0) is 18.2. The molecule has 0 saturated heterocycles. The van der Waals surface area contributed by atoms with Crippen LogP contribution >= 0.6 is 0 Å². The maximum absolute atomic E-state index is 4.56. The second kappa shape index (κ2) is 15.5. The van der Waals surface area contributed by atoms with Crippen LogP contribution in [0.2, 0.25) is 0 Å². The molecule has 2 nitrogen and oxygen atoms in total. The molecule has 1 rings (SSSR count). The van der Waals surface area contributed by atoms with Crippen molar-refractivity contribution in [2.75, 3.05) is 0 Å². The number of nitrogens with one attached hydrogen (secondary N) is 1. The zero-order valence-corrected chi connectivity index (χ0v) is 17.5. The zero-order valence-electron chi connectivity index (χ0n) is 17.5. The first kappa shape index (κ1) is 22.3. The van der Waals surface area contributed by atoms with Gasteiger partial charge in [-0.05, 0) is 26.7 Å². The number of nitrogens with zero attached hydrogens (tertiary/aromatic N) is 1. The van der Waals surface area contributed by atoms with Gasteiger partial charge >= 0.3 is 0 Å². The van der Waals surface area contributed by atoms with Gasteiger partial charge in [0.25, 0.3) is 0 Å². The van der Waals surface area contributed by atoms with Crippen LogP contribution in [0.5, 0.6) is 0 Å². The van der Waals surface area contributed by atoms with Crippen molar-refractivity contribution in [2.45, 2.75) is 130 Å². The molecule has 0 amide bonds. The van der Waals surface area contributed by atoms with E-state index in [2.05, 4.69) is 23.8 Å². The summed E-state index contributed by atoms with van der Waals surface area (Å²) in [6, 6.07) is 0. The third kappa shape index (κ3) is 12.2. The summed E-state index contributed by atoms with van der Waals surface area (Å²) in [4.78, 5) is 7.86. The summed E-state index contributed by atoms with van der Waals surface area (Å²) in [6.45, 7) is 6.48. The lowest BCUT2D eigenvalue weighted by Gasteiger charge is -2.03. The number of aromatic amines is 1. The fraction of sp³-hybridized carbons (Fsp3) is 0.870. The maximum atomic E-state index is 4.56. The topological polar surface area (TPSA) is 28.7 Å². The van der Waals surface area contributed by atoms with E-state index in [1.54, 1.807) is 0 Å². The van der Waals surface area contributed by atoms with Crippen molar-refractivity contribution in [1.29, 1.82) is 0 Å². The largest absolute Gasteiger partial charge is 0.346 e. The van der Waals surface area contributed by atoms with Gasteiger partial charge in [-0.3, -0.25) is 0 Å². The molecule has 0 spiro atoms. The summed E-state index contributed by atoms with van der Waals surface area (Å²) in [7, 11) is 0. The number of rotatable bonds is 17. The van der Waals surface area contributed by atoms with Gasteiger partial charge in [-0.2, -0.15) is 0 Å². The standard InChI is InChI=1S/C23H44N2/c1-4-5-6-7-8-9-10-11-12-13-14-15-16-17-18-19-20-23-21(2)24-22(3)25-23/h4-20H2,1-3H3,(H,24,25). The molecule has 146 valence electrons. The van der Waals surface area contributed by atoms with Crippen LogP contribution in [0, 0.1) is 13.8 Å². The van der Waals surface area contributed by atoms with Crippen molar-refractivity contribution in [3.63, 3.8) is 0 Å². The van der Waals surface area contributed by atoms with Gasteiger partial charge in [0.2, 0.25) is 0 Å². The van der Waals surface area contributed by atoms with Crippen LogP contribution in [0.25, 0.3) is 0 Å². The molecule has 0 aromatic carbocycles. The van der Waals surface area contributed by atoms with Crippen LogP contribution in [0.4, 0.5) is 0 Å². The number of aryl methyl sites for hydroxylation is 3. The van der Waals surface area contributed by atoms with Crippen molar-refractivity contribution in [2.24, 2.45) is 0 Å². The van der Waals surface area contributed by atoms with Crippen LogP contribution in [0.15, 0.2) is 0 Å². The Morgan fingerprint density at radius 1 is 0.600 bits per heavy atom. The number of hydrogen-bond acceptors (Lipinski definition) is 1. The SMILES string of the molecule is CCCCCCCCCCCCCCCCCCc1nc(C)[nH]c1C. The van der Waals surface area contributed by atoms with E-state index in [1.807, 2.05) is 6.92 Å². The van der Waals surface area contributed by atoms with E-state index in [-0.39, 0.29) is 0 Å². The van der Waals surface area contributed by atoms with Crippen LogP contribution in [0.1, 0.15) is 127 Å². The lowest BCUT2D eigenvalue weighted by atomic mass is 10.0. The van der Waals surface area contributed by atoms with Crippen molar-refractivity contribution >= 4 is 0 Å². The molecule has 0 unspecified atom stereocenters. The Bertz CT molecular complexity index is 408. The third-order valence-electron chi connectivity index (χ3n) is 5.37. The fourth-order valence-corrected chi connectivity index (χ4v) is 3.74. The quantitative estimate of drug-likeness (QED) is 0.285. The van der Waals surface area contributed by atoms with E-state index in [9.17, 15) is 0 Å². The molecule has 1 aromatic heterocycles. The smallest absolute Gasteiger partial charge is 0.103 e. The maximum Gasteiger partial charge on any atom is 0.103 e. The minimum atomic E-state index is 1.06. The molecule has 25 heavy (non-hydrogen) atoms. The first-order chi connectivity index (χ1) is 12.2. The highest BCUT2D eigenvalue weighted by Gasteiger charge is 2.03. The van der Waals surface area contributed by atoms with Crippen molar-refractivity contribution < 1.29 is 0 Å². The molecule has 0 bridgehead atoms. The fourth-order valence-electron chi connectivity index (χ4n) is 3.74. The Kier molecular flexibility index (Phi) is 13.8. The average molecular weight is 349 g/mol. The summed E-state index contributed by atoms with van der Waals surface area (Å²) >= 11 is 0. The molecular weight excluding hydrogens is 304 g/mol. The minimum Gasteiger partial charge on any atom is -0.346 e. The molecule has 2 heteroatoms. The normalized spacial score (nSPS) is 11.3. The molecule has 1 N–H and O–H groups in total. The van der Waals surface area contributed by atoms with Gasteiger partial charge in [-0.15, -0.1) is 0 Å². The number of hydrogen-bond donors (Lipinski definition) is 1. The van der Waals surface area contributed by atoms with Crippen molar-refractivity contribution in [1.82, 2.24) is 9.97 Å². The van der Waals surface area contributed by atoms with Crippen LogP contribution in [-0.4, -0.2) is 9.97 Å². The lowest BCUT2D eigenvalue weighted by Crippen LogP contribution is -1.89. The van der Waals surface area contributed by atoms with E-state index < -0.39 is 0 Å². The molecule has 0 fully saturated rings. The lowest BCUT2D eigenvalue weighted by molar-refractivity contribution is 0.529. The van der Waals surface area contributed by atoms with Crippen LogP contribution in [0.3, 0.4) is 0 Å².